The Labute approximate surface area is 192 Å². The van der Waals surface area contributed by atoms with Crippen LogP contribution in [0, 0.1) is 35.9 Å². The fourth-order valence-corrected chi connectivity index (χ4v) is 4.92. The summed E-state index contributed by atoms with van der Waals surface area (Å²) in [6.45, 7) is 6.22. The SMILES string of the molecule is C#C.CC.N#Cc1c(N2CC3CCCNC3C2)c(F)cc2c(=O)c(C(=O)O)cn(C3CC3)c12. The van der Waals surface area contributed by atoms with Crippen LogP contribution in [0.1, 0.15) is 61.5 Å². The molecule has 174 valence electrons. The largest absolute Gasteiger partial charge is 0.477 e. The predicted molar refractivity (Wildman–Crippen MR) is 126 cm³/mol. The van der Waals surface area contributed by atoms with E-state index in [0.717, 1.165) is 38.3 Å². The van der Waals surface area contributed by atoms with Crippen molar-refractivity contribution in [3.63, 3.8) is 0 Å². The molecule has 0 amide bonds. The van der Waals surface area contributed by atoms with Crippen molar-refractivity contribution < 1.29 is 14.3 Å². The van der Waals surface area contributed by atoms with Gasteiger partial charge in [0.05, 0.1) is 16.6 Å². The highest BCUT2D eigenvalue weighted by Gasteiger charge is 2.37. The van der Waals surface area contributed by atoms with Crippen LogP contribution in [0.15, 0.2) is 17.1 Å². The highest BCUT2D eigenvalue weighted by atomic mass is 19.1. The van der Waals surface area contributed by atoms with Crippen molar-refractivity contribution >= 4 is 22.6 Å². The number of aromatic carboxylic acids is 1. The molecule has 3 heterocycles. The number of aromatic nitrogens is 1. The van der Waals surface area contributed by atoms with E-state index in [-0.39, 0.29) is 28.7 Å². The van der Waals surface area contributed by atoms with Gasteiger partial charge in [0, 0.05) is 31.4 Å². The summed E-state index contributed by atoms with van der Waals surface area (Å²) in [6.07, 6.45) is 13.1. The lowest BCUT2D eigenvalue weighted by Crippen LogP contribution is -2.40. The Morgan fingerprint density at radius 3 is 2.55 bits per heavy atom. The number of carboxylic acid groups (broad SMARTS) is 1. The number of halogens is 1. The third-order valence-corrected chi connectivity index (χ3v) is 6.44. The molecule has 1 saturated carbocycles. The van der Waals surface area contributed by atoms with Crippen molar-refractivity contribution in [1.29, 1.82) is 5.26 Å². The van der Waals surface area contributed by atoms with Crippen LogP contribution in [0.2, 0.25) is 0 Å². The van der Waals surface area contributed by atoms with Crippen LogP contribution in [-0.2, 0) is 0 Å². The number of piperidine rings is 1. The van der Waals surface area contributed by atoms with Crippen molar-refractivity contribution in [1.82, 2.24) is 9.88 Å². The van der Waals surface area contributed by atoms with Gasteiger partial charge in [0.2, 0.25) is 5.43 Å². The summed E-state index contributed by atoms with van der Waals surface area (Å²) in [7, 11) is 0. The minimum atomic E-state index is -1.34. The molecule has 5 rings (SSSR count). The van der Waals surface area contributed by atoms with Gasteiger partial charge in [0.25, 0.3) is 0 Å². The number of nitrogens with zero attached hydrogens (tertiary/aromatic N) is 3. The Hall–Kier alpha value is -3.36. The normalized spacial score (nSPS) is 21.2. The summed E-state index contributed by atoms with van der Waals surface area (Å²) in [4.78, 5) is 26.2. The summed E-state index contributed by atoms with van der Waals surface area (Å²) < 4.78 is 16.9. The van der Waals surface area contributed by atoms with Gasteiger partial charge in [-0.05, 0) is 44.2 Å². The Morgan fingerprint density at radius 1 is 1.27 bits per heavy atom. The number of nitrogens with one attached hydrogen (secondary N) is 1. The second kappa shape index (κ2) is 10.1. The van der Waals surface area contributed by atoms with E-state index in [2.05, 4.69) is 24.2 Å². The maximum absolute atomic E-state index is 15.2. The van der Waals surface area contributed by atoms with Crippen molar-refractivity contribution in [2.45, 2.75) is 51.6 Å². The standard InChI is InChI=1S/C21H21FN4O3.C2H6.C2H2/c22-16-6-13-18(26(12-3-4-12)9-15(20(13)27)21(28)29)14(7-23)19(16)25-8-11-2-1-5-24-17(11)10-25;2*1-2/h6,9,11-12,17,24H,1-5,8,10H2,(H,28,29);1-2H3;1-2H. The van der Waals surface area contributed by atoms with Crippen LogP contribution in [-0.4, -0.2) is 41.3 Å². The number of carbonyl (C=O) groups is 1. The number of hydrogen-bond acceptors (Lipinski definition) is 5. The molecule has 1 aromatic carbocycles. The molecular formula is C25H29FN4O3. The Kier molecular flexibility index (Phi) is 7.40. The molecule has 2 atom stereocenters. The molecule has 3 fully saturated rings. The van der Waals surface area contributed by atoms with Gasteiger partial charge in [-0.2, -0.15) is 5.26 Å². The van der Waals surface area contributed by atoms with Gasteiger partial charge >= 0.3 is 5.97 Å². The summed E-state index contributed by atoms with van der Waals surface area (Å²) in [5, 5.41) is 22.8. The molecule has 2 aliphatic heterocycles. The quantitative estimate of drug-likeness (QED) is 0.692. The van der Waals surface area contributed by atoms with Gasteiger partial charge < -0.3 is 19.9 Å². The number of anilines is 1. The van der Waals surface area contributed by atoms with Crippen molar-refractivity contribution in [3.8, 4) is 18.9 Å². The smallest absolute Gasteiger partial charge is 0.341 e. The first kappa shape index (κ1) is 24.3. The lowest BCUT2D eigenvalue weighted by molar-refractivity contribution is 0.0695. The monoisotopic (exact) mass is 452 g/mol. The first-order chi connectivity index (χ1) is 16.0. The van der Waals surface area contributed by atoms with Crippen LogP contribution >= 0.6 is 0 Å². The van der Waals surface area contributed by atoms with Gasteiger partial charge in [-0.3, -0.25) is 4.79 Å². The fraction of sp³-hybridized carbons (Fsp3) is 0.480. The molecule has 0 radical (unpaired) electrons. The average Bonchev–Trinajstić information content (AvgIpc) is 3.59. The van der Waals surface area contributed by atoms with Crippen molar-refractivity contribution in [2.24, 2.45) is 5.92 Å². The second-order valence-electron chi connectivity index (χ2n) is 8.27. The molecule has 0 spiro atoms. The molecule has 1 aromatic heterocycles. The fourth-order valence-electron chi connectivity index (χ4n) is 4.92. The van der Waals surface area contributed by atoms with Gasteiger partial charge in [-0.15, -0.1) is 12.8 Å². The number of rotatable bonds is 3. The Morgan fingerprint density at radius 2 is 1.97 bits per heavy atom. The zero-order valence-electron chi connectivity index (χ0n) is 19.0. The summed E-state index contributed by atoms with van der Waals surface area (Å²) >= 11 is 0. The van der Waals surface area contributed by atoms with Crippen LogP contribution in [0.5, 0.6) is 0 Å². The van der Waals surface area contributed by atoms with Crippen LogP contribution in [0.25, 0.3) is 10.9 Å². The van der Waals surface area contributed by atoms with Gasteiger partial charge in [-0.1, -0.05) is 13.8 Å². The highest BCUT2D eigenvalue weighted by Crippen LogP contribution is 2.41. The molecule has 2 aromatic rings. The molecule has 7 nitrogen and oxygen atoms in total. The molecule has 3 aliphatic rings. The number of hydrogen-bond donors (Lipinski definition) is 2. The summed E-state index contributed by atoms with van der Waals surface area (Å²) in [6, 6.07) is 3.55. The first-order valence-corrected chi connectivity index (χ1v) is 11.4. The van der Waals surface area contributed by atoms with E-state index >= 15 is 4.39 Å². The van der Waals surface area contributed by atoms with E-state index in [1.54, 1.807) is 4.57 Å². The predicted octanol–water partition coefficient (Wildman–Crippen LogP) is 3.51. The van der Waals surface area contributed by atoms with Crippen molar-refractivity contribution in [3.05, 3.63) is 39.4 Å². The third-order valence-electron chi connectivity index (χ3n) is 6.44. The lowest BCUT2D eigenvalue weighted by atomic mass is 9.94. The minimum Gasteiger partial charge on any atom is -0.477 e. The molecule has 1 aliphatic carbocycles. The average molecular weight is 453 g/mol. The van der Waals surface area contributed by atoms with Gasteiger partial charge in [0.15, 0.2) is 0 Å². The first-order valence-electron chi connectivity index (χ1n) is 11.4. The van der Waals surface area contributed by atoms with Crippen molar-refractivity contribution in [2.75, 3.05) is 24.5 Å². The van der Waals surface area contributed by atoms with E-state index in [0.29, 0.717) is 24.5 Å². The molecular weight excluding hydrogens is 423 g/mol. The number of nitriles is 1. The number of terminal acetylenes is 1. The number of carboxylic acids is 1. The van der Waals surface area contributed by atoms with Crippen LogP contribution in [0.3, 0.4) is 0 Å². The second-order valence-corrected chi connectivity index (χ2v) is 8.27. The van der Waals surface area contributed by atoms with Crippen LogP contribution in [0.4, 0.5) is 10.1 Å². The van der Waals surface area contributed by atoms with Gasteiger partial charge in [-0.25, -0.2) is 9.18 Å². The number of pyridine rings is 1. The van der Waals surface area contributed by atoms with E-state index in [1.807, 2.05) is 18.7 Å². The highest BCUT2D eigenvalue weighted by molar-refractivity contribution is 5.96. The Balaban J connectivity index is 0.000000728. The third kappa shape index (κ3) is 4.31. The van der Waals surface area contributed by atoms with Gasteiger partial charge in [0.1, 0.15) is 23.0 Å². The van der Waals surface area contributed by atoms with E-state index in [9.17, 15) is 20.0 Å². The van der Waals surface area contributed by atoms with E-state index < -0.39 is 22.8 Å². The zero-order chi connectivity index (χ0) is 24.3. The topological polar surface area (TPSA) is 98.4 Å². The Bertz CT molecular complexity index is 1160. The molecule has 33 heavy (non-hydrogen) atoms. The maximum Gasteiger partial charge on any atom is 0.341 e. The molecule has 8 heteroatoms. The summed E-state index contributed by atoms with van der Waals surface area (Å²) in [5.74, 6) is -1.58. The molecule has 2 saturated heterocycles. The van der Waals surface area contributed by atoms with Crippen LogP contribution < -0.4 is 15.6 Å². The number of benzene rings is 1. The van der Waals surface area contributed by atoms with E-state index in [1.165, 1.54) is 6.20 Å². The summed E-state index contributed by atoms with van der Waals surface area (Å²) in [5.41, 5.74) is -0.433. The minimum absolute atomic E-state index is 0.0319. The van der Waals surface area contributed by atoms with E-state index in [4.69, 9.17) is 0 Å². The molecule has 0 bridgehead atoms. The molecule has 2 unspecified atom stereocenters. The molecule has 2 N–H and O–H groups in total. The maximum atomic E-state index is 15.2. The zero-order valence-corrected chi connectivity index (χ0v) is 19.0. The number of fused-ring (bicyclic) bond motifs is 2. The lowest BCUT2D eigenvalue weighted by Gasteiger charge is -2.24.